The summed E-state index contributed by atoms with van der Waals surface area (Å²) in [7, 11) is 0. The Kier molecular flexibility index (Phi) is 3.90. The number of anilines is 2. The van der Waals surface area contributed by atoms with Crippen molar-refractivity contribution >= 4 is 28.8 Å². The van der Waals surface area contributed by atoms with Crippen molar-refractivity contribution in [3.63, 3.8) is 0 Å². The first-order chi connectivity index (χ1) is 13.1. The van der Waals surface area contributed by atoms with Crippen LogP contribution in [0.15, 0.2) is 42.0 Å². The first-order valence-corrected chi connectivity index (χ1v) is 8.07. The Morgan fingerprint density at radius 2 is 1.93 bits per heavy atom. The number of fused-ring (bicyclic) bond motifs is 2. The third-order valence-electron chi connectivity index (χ3n) is 4.12. The molecule has 8 nitrogen and oxygen atoms in total. The summed E-state index contributed by atoms with van der Waals surface area (Å²) < 4.78 is 11.0. The second kappa shape index (κ2) is 6.38. The summed E-state index contributed by atoms with van der Waals surface area (Å²) in [6.07, 6.45) is 0. The molecule has 134 valence electrons. The normalized spacial score (nSPS) is 16.0. The van der Waals surface area contributed by atoms with E-state index in [1.165, 1.54) is 12.1 Å². The molecule has 0 bridgehead atoms. The Hall–Kier alpha value is -3.99. The van der Waals surface area contributed by atoms with Crippen LogP contribution in [0.1, 0.15) is 5.56 Å². The number of aromatic hydroxyl groups is 1. The predicted octanol–water partition coefficient (Wildman–Crippen LogP) is 2.03. The van der Waals surface area contributed by atoms with E-state index < -0.39 is 11.8 Å². The zero-order valence-electron chi connectivity index (χ0n) is 13.9. The van der Waals surface area contributed by atoms with Crippen LogP contribution in [0.3, 0.4) is 0 Å². The van der Waals surface area contributed by atoms with Crippen LogP contribution in [-0.4, -0.2) is 30.1 Å². The van der Waals surface area contributed by atoms with E-state index in [1.54, 1.807) is 30.3 Å². The molecule has 0 saturated heterocycles. The highest BCUT2D eigenvalue weighted by Crippen LogP contribution is 2.42. The van der Waals surface area contributed by atoms with E-state index in [0.717, 1.165) is 0 Å². The third-order valence-corrected chi connectivity index (χ3v) is 4.12. The quantitative estimate of drug-likeness (QED) is 0.555. The molecule has 0 aromatic heterocycles. The highest BCUT2D eigenvalue weighted by molar-refractivity contribution is 6.37. The molecule has 0 unspecified atom stereocenters. The summed E-state index contributed by atoms with van der Waals surface area (Å²) >= 11 is 0. The van der Waals surface area contributed by atoms with E-state index in [1.807, 2.05) is 0 Å². The average Bonchev–Trinajstić information content (AvgIpc) is 2.95. The zero-order chi connectivity index (χ0) is 19.0. The van der Waals surface area contributed by atoms with Gasteiger partial charge in [0.1, 0.15) is 30.6 Å². The molecule has 4 rings (SSSR count). The van der Waals surface area contributed by atoms with Gasteiger partial charge < -0.3 is 25.2 Å². The Labute approximate surface area is 153 Å². The smallest absolute Gasteiger partial charge is 0.267 e. The lowest BCUT2D eigenvalue weighted by Gasteiger charge is -2.19. The van der Waals surface area contributed by atoms with Crippen LogP contribution in [-0.2, 0) is 9.59 Å². The molecule has 2 aliphatic rings. The van der Waals surface area contributed by atoms with Gasteiger partial charge in [0.05, 0.1) is 11.3 Å². The molecule has 2 aliphatic heterocycles. The first-order valence-electron chi connectivity index (χ1n) is 8.07. The molecule has 8 heteroatoms. The van der Waals surface area contributed by atoms with E-state index in [4.69, 9.17) is 9.47 Å². The molecule has 2 aromatic rings. The number of nitriles is 1. The van der Waals surface area contributed by atoms with Crippen LogP contribution in [0, 0.1) is 11.3 Å². The summed E-state index contributed by atoms with van der Waals surface area (Å²) in [5.74, 6) is -0.415. The number of carbonyl (C=O) groups is 2. The minimum absolute atomic E-state index is 0.0355. The van der Waals surface area contributed by atoms with Crippen LogP contribution in [0.4, 0.5) is 11.4 Å². The number of nitrogens with one attached hydrogen (secondary N) is 2. The van der Waals surface area contributed by atoms with Crippen molar-refractivity contribution in [1.29, 1.82) is 5.26 Å². The van der Waals surface area contributed by atoms with Crippen molar-refractivity contribution in [2.75, 3.05) is 23.8 Å². The SMILES string of the molecule is N#C/C(C(=O)Nc1cccc(O)c1)=C1/C(=O)Nc2cc3c(cc21)OCCO3. The molecule has 2 amide bonds. The maximum Gasteiger partial charge on any atom is 0.267 e. The number of phenols is 1. The van der Waals surface area contributed by atoms with E-state index >= 15 is 0 Å². The molecule has 2 aromatic carbocycles. The third kappa shape index (κ3) is 2.91. The van der Waals surface area contributed by atoms with Gasteiger partial charge in [0.25, 0.3) is 11.8 Å². The van der Waals surface area contributed by atoms with Crippen molar-refractivity contribution < 1.29 is 24.2 Å². The van der Waals surface area contributed by atoms with Crippen molar-refractivity contribution in [3.05, 3.63) is 47.5 Å². The van der Waals surface area contributed by atoms with E-state index in [-0.39, 0.29) is 16.9 Å². The summed E-state index contributed by atoms with van der Waals surface area (Å²) in [5.41, 5.74) is 0.756. The minimum atomic E-state index is -0.754. The molecule has 3 N–H and O–H groups in total. The molecule has 27 heavy (non-hydrogen) atoms. The van der Waals surface area contributed by atoms with Gasteiger partial charge in [-0.05, 0) is 18.2 Å². The van der Waals surface area contributed by atoms with E-state index in [2.05, 4.69) is 10.6 Å². The number of phenolic OH excluding ortho intramolecular Hbond substituents is 1. The summed E-state index contributed by atoms with van der Waals surface area (Å²) in [6.45, 7) is 0.771. The van der Waals surface area contributed by atoms with Crippen LogP contribution >= 0.6 is 0 Å². The molecular weight excluding hydrogens is 350 g/mol. The lowest BCUT2D eigenvalue weighted by atomic mass is 10.0. The number of carbonyl (C=O) groups excluding carboxylic acids is 2. The van der Waals surface area contributed by atoms with Crippen molar-refractivity contribution in [2.24, 2.45) is 0 Å². The van der Waals surface area contributed by atoms with Gasteiger partial charge in [-0.15, -0.1) is 0 Å². The number of benzene rings is 2. The van der Waals surface area contributed by atoms with Gasteiger partial charge in [-0.25, -0.2) is 0 Å². The standard InChI is InChI=1S/C19H13N3O5/c20-9-13(18(24)21-10-2-1-3-11(23)6-10)17-12-7-15-16(27-5-4-26-15)8-14(12)22-19(17)25/h1-3,6-8,23H,4-5H2,(H,21,24)(H,22,25)/b17-13-. The van der Waals surface area contributed by atoms with Gasteiger partial charge >= 0.3 is 0 Å². The maximum absolute atomic E-state index is 12.6. The van der Waals surface area contributed by atoms with Crippen molar-refractivity contribution in [1.82, 2.24) is 0 Å². The highest BCUT2D eigenvalue weighted by atomic mass is 16.6. The van der Waals surface area contributed by atoms with Crippen molar-refractivity contribution in [2.45, 2.75) is 0 Å². The Balaban J connectivity index is 1.75. The lowest BCUT2D eigenvalue weighted by molar-refractivity contribution is -0.113. The Bertz CT molecular complexity index is 1050. The monoisotopic (exact) mass is 363 g/mol. The van der Waals surface area contributed by atoms with Gasteiger partial charge in [-0.3, -0.25) is 9.59 Å². The molecule has 0 saturated carbocycles. The fraction of sp³-hybridized carbons (Fsp3) is 0.105. The maximum atomic E-state index is 12.6. The second-order valence-electron chi connectivity index (χ2n) is 5.86. The van der Waals surface area contributed by atoms with E-state index in [0.29, 0.717) is 41.7 Å². The van der Waals surface area contributed by atoms with Crippen molar-refractivity contribution in [3.8, 4) is 23.3 Å². The summed E-state index contributed by atoms with van der Waals surface area (Å²) in [5, 5.41) is 24.2. The van der Waals surface area contributed by atoms with E-state index in [9.17, 15) is 20.0 Å². The topological polar surface area (TPSA) is 121 Å². The number of amides is 2. The average molecular weight is 363 g/mol. The fourth-order valence-corrected chi connectivity index (χ4v) is 2.95. The van der Waals surface area contributed by atoms with Gasteiger partial charge in [0.2, 0.25) is 0 Å². The van der Waals surface area contributed by atoms with Crippen LogP contribution < -0.4 is 20.1 Å². The second-order valence-corrected chi connectivity index (χ2v) is 5.86. The first kappa shape index (κ1) is 16.5. The molecule has 0 atom stereocenters. The number of hydrogen-bond donors (Lipinski definition) is 3. The molecule has 2 heterocycles. The van der Waals surface area contributed by atoms with Gasteiger partial charge in [-0.2, -0.15) is 5.26 Å². The molecule has 0 fully saturated rings. The zero-order valence-corrected chi connectivity index (χ0v) is 13.9. The lowest BCUT2D eigenvalue weighted by Crippen LogP contribution is -2.17. The van der Waals surface area contributed by atoms with Gasteiger partial charge in [-0.1, -0.05) is 6.07 Å². The summed E-state index contributed by atoms with van der Waals surface area (Å²) in [6, 6.07) is 10.9. The fourth-order valence-electron chi connectivity index (χ4n) is 2.95. The van der Waals surface area contributed by atoms with Crippen LogP contribution in [0.2, 0.25) is 0 Å². The molecular formula is C19H13N3O5. The summed E-state index contributed by atoms with van der Waals surface area (Å²) in [4.78, 5) is 25.0. The molecule has 0 radical (unpaired) electrons. The van der Waals surface area contributed by atoms with Crippen LogP contribution in [0.25, 0.3) is 5.57 Å². The van der Waals surface area contributed by atoms with Gasteiger partial charge in [0, 0.05) is 23.4 Å². The molecule has 0 spiro atoms. The minimum Gasteiger partial charge on any atom is -0.508 e. The predicted molar refractivity (Wildman–Crippen MR) is 95.3 cm³/mol. The largest absolute Gasteiger partial charge is 0.508 e. The number of rotatable bonds is 2. The molecule has 0 aliphatic carbocycles. The van der Waals surface area contributed by atoms with Crippen LogP contribution in [0.5, 0.6) is 17.2 Å². The van der Waals surface area contributed by atoms with Gasteiger partial charge in [0.15, 0.2) is 11.5 Å². The number of nitrogens with zero attached hydrogens (tertiary/aromatic N) is 1. The number of hydrogen-bond acceptors (Lipinski definition) is 6. The number of ether oxygens (including phenoxy) is 2. The highest BCUT2D eigenvalue weighted by Gasteiger charge is 2.32. The Morgan fingerprint density at radius 3 is 2.63 bits per heavy atom. The Morgan fingerprint density at radius 1 is 1.19 bits per heavy atom.